The lowest BCUT2D eigenvalue weighted by atomic mass is 10.0. The second-order valence-corrected chi connectivity index (χ2v) is 4.27. The van der Waals surface area contributed by atoms with Crippen molar-refractivity contribution < 1.29 is 14.7 Å². The lowest BCUT2D eigenvalue weighted by molar-refractivity contribution is -0.131. The Balaban J connectivity index is 2.73. The number of likely N-dealkylation sites (N-methyl/N-ethyl adjacent to an activating group) is 1. The quantitative estimate of drug-likeness (QED) is 0.688. The summed E-state index contributed by atoms with van der Waals surface area (Å²) in [7, 11) is 1.47. The van der Waals surface area contributed by atoms with E-state index >= 15 is 0 Å². The fraction of sp³-hybridized carbons (Fsp3) is 0.429. The third kappa shape index (κ3) is 4.71. The molecular weight excluding hydrogens is 244 g/mol. The highest BCUT2D eigenvalue weighted by Gasteiger charge is 2.27. The van der Waals surface area contributed by atoms with Crippen molar-refractivity contribution >= 4 is 11.8 Å². The standard InChI is InChI=1S/C14H20N2O3/c1-3-12(18)16-13(14(19)15-2)11(17)9-10-7-5-4-6-8-10/h4-8,11,13,17H,3,9H2,1-2H3,(H,15,19)(H,16,18). The maximum Gasteiger partial charge on any atom is 0.245 e. The molecule has 5 heteroatoms. The van der Waals surface area contributed by atoms with Crippen molar-refractivity contribution in [1.82, 2.24) is 10.6 Å². The van der Waals surface area contributed by atoms with Crippen LogP contribution in [-0.2, 0) is 16.0 Å². The fourth-order valence-electron chi connectivity index (χ4n) is 1.74. The molecule has 0 aliphatic heterocycles. The van der Waals surface area contributed by atoms with Crippen LogP contribution in [-0.4, -0.2) is 36.1 Å². The van der Waals surface area contributed by atoms with Crippen LogP contribution in [0.5, 0.6) is 0 Å². The third-order valence-electron chi connectivity index (χ3n) is 2.84. The minimum absolute atomic E-state index is 0.263. The topological polar surface area (TPSA) is 78.4 Å². The van der Waals surface area contributed by atoms with E-state index in [1.54, 1.807) is 6.92 Å². The van der Waals surface area contributed by atoms with Gasteiger partial charge in [0.25, 0.3) is 0 Å². The molecule has 19 heavy (non-hydrogen) atoms. The average Bonchev–Trinajstić information content (AvgIpc) is 2.44. The summed E-state index contributed by atoms with van der Waals surface area (Å²) in [4.78, 5) is 23.1. The summed E-state index contributed by atoms with van der Waals surface area (Å²) in [5, 5.41) is 15.1. The number of hydrogen-bond acceptors (Lipinski definition) is 3. The van der Waals surface area contributed by atoms with Crippen LogP contribution >= 0.6 is 0 Å². The predicted octanol–water partition coefficient (Wildman–Crippen LogP) is 0.231. The number of benzene rings is 1. The molecule has 0 heterocycles. The van der Waals surface area contributed by atoms with Gasteiger partial charge in [-0.3, -0.25) is 9.59 Å². The first-order valence-corrected chi connectivity index (χ1v) is 6.31. The van der Waals surface area contributed by atoms with Gasteiger partial charge >= 0.3 is 0 Å². The molecule has 0 fully saturated rings. The number of nitrogens with one attached hydrogen (secondary N) is 2. The Hall–Kier alpha value is -1.88. The van der Waals surface area contributed by atoms with Crippen molar-refractivity contribution in [3.05, 3.63) is 35.9 Å². The molecule has 3 N–H and O–H groups in total. The fourth-order valence-corrected chi connectivity index (χ4v) is 1.74. The molecule has 0 radical (unpaired) electrons. The summed E-state index contributed by atoms with van der Waals surface area (Å²) in [6, 6.07) is 8.41. The van der Waals surface area contributed by atoms with Crippen LogP contribution in [0.4, 0.5) is 0 Å². The van der Waals surface area contributed by atoms with Crippen LogP contribution < -0.4 is 10.6 Å². The third-order valence-corrected chi connectivity index (χ3v) is 2.84. The van der Waals surface area contributed by atoms with Gasteiger partial charge in [0.1, 0.15) is 6.04 Å². The van der Waals surface area contributed by atoms with Gasteiger partial charge in [0.2, 0.25) is 11.8 Å². The van der Waals surface area contributed by atoms with Crippen LogP contribution in [0.1, 0.15) is 18.9 Å². The molecular formula is C14H20N2O3. The van der Waals surface area contributed by atoms with Crippen molar-refractivity contribution in [3.8, 4) is 0 Å². The maximum atomic E-state index is 11.7. The van der Waals surface area contributed by atoms with E-state index in [2.05, 4.69) is 10.6 Å². The van der Waals surface area contributed by atoms with E-state index in [9.17, 15) is 14.7 Å². The van der Waals surface area contributed by atoms with E-state index in [0.717, 1.165) is 5.56 Å². The molecule has 0 bridgehead atoms. The Morgan fingerprint density at radius 2 is 1.89 bits per heavy atom. The Labute approximate surface area is 113 Å². The Morgan fingerprint density at radius 1 is 1.26 bits per heavy atom. The molecule has 0 aliphatic rings. The molecule has 1 rings (SSSR count). The maximum absolute atomic E-state index is 11.7. The summed E-state index contributed by atoms with van der Waals surface area (Å²) in [6.07, 6.45) is -0.382. The molecule has 1 aromatic rings. The van der Waals surface area contributed by atoms with Crippen molar-refractivity contribution in [3.63, 3.8) is 0 Å². The molecule has 1 aromatic carbocycles. The normalized spacial score (nSPS) is 13.4. The second kappa shape index (κ2) is 7.53. The van der Waals surface area contributed by atoms with E-state index in [-0.39, 0.29) is 12.3 Å². The van der Waals surface area contributed by atoms with Gasteiger partial charge in [-0.05, 0) is 5.56 Å². The molecule has 0 saturated heterocycles. The van der Waals surface area contributed by atoms with Gasteiger partial charge in [-0.2, -0.15) is 0 Å². The first-order chi connectivity index (χ1) is 9.08. The van der Waals surface area contributed by atoms with Crippen LogP contribution in [0.3, 0.4) is 0 Å². The summed E-state index contributed by atoms with van der Waals surface area (Å²) in [6.45, 7) is 1.69. The second-order valence-electron chi connectivity index (χ2n) is 4.27. The van der Waals surface area contributed by atoms with Crippen molar-refractivity contribution in [2.75, 3.05) is 7.05 Å². The van der Waals surface area contributed by atoms with Crippen LogP contribution in [0.25, 0.3) is 0 Å². The molecule has 2 amide bonds. The number of amides is 2. The summed E-state index contributed by atoms with van der Waals surface area (Å²) < 4.78 is 0. The first-order valence-electron chi connectivity index (χ1n) is 6.31. The van der Waals surface area contributed by atoms with Gasteiger partial charge in [0.15, 0.2) is 0 Å². The number of aliphatic hydroxyl groups excluding tert-OH is 1. The van der Waals surface area contributed by atoms with Crippen molar-refractivity contribution in [2.24, 2.45) is 0 Å². The molecule has 0 aliphatic carbocycles. The van der Waals surface area contributed by atoms with Gasteiger partial charge in [0, 0.05) is 19.9 Å². The summed E-state index contributed by atoms with van der Waals surface area (Å²) >= 11 is 0. The minimum atomic E-state index is -0.960. The molecule has 0 saturated carbocycles. The van der Waals surface area contributed by atoms with Gasteiger partial charge in [-0.1, -0.05) is 37.3 Å². The zero-order chi connectivity index (χ0) is 14.3. The highest BCUT2D eigenvalue weighted by atomic mass is 16.3. The van der Waals surface area contributed by atoms with Gasteiger partial charge in [-0.15, -0.1) is 0 Å². The number of aliphatic hydroxyl groups is 1. The zero-order valence-corrected chi connectivity index (χ0v) is 11.2. The van der Waals surface area contributed by atoms with E-state index in [4.69, 9.17) is 0 Å². The van der Waals surface area contributed by atoms with E-state index < -0.39 is 18.1 Å². The van der Waals surface area contributed by atoms with Crippen LogP contribution in [0, 0.1) is 0 Å². The number of rotatable bonds is 6. The predicted molar refractivity (Wildman–Crippen MR) is 72.4 cm³/mol. The monoisotopic (exact) mass is 264 g/mol. The smallest absolute Gasteiger partial charge is 0.245 e. The lowest BCUT2D eigenvalue weighted by Crippen LogP contribution is -2.53. The summed E-state index contributed by atoms with van der Waals surface area (Å²) in [5.41, 5.74) is 0.912. The number of carbonyl (C=O) groups excluding carboxylic acids is 2. The minimum Gasteiger partial charge on any atom is -0.390 e. The highest BCUT2D eigenvalue weighted by molar-refractivity contribution is 5.87. The van der Waals surface area contributed by atoms with E-state index in [1.807, 2.05) is 30.3 Å². The largest absolute Gasteiger partial charge is 0.390 e. The number of carbonyl (C=O) groups is 2. The Bertz CT molecular complexity index is 420. The molecule has 2 atom stereocenters. The van der Waals surface area contributed by atoms with Crippen LogP contribution in [0.2, 0.25) is 0 Å². The van der Waals surface area contributed by atoms with E-state index in [1.165, 1.54) is 7.05 Å². The molecule has 0 aromatic heterocycles. The first kappa shape index (κ1) is 15.2. The van der Waals surface area contributed by atoms with Crippen molar-refractivity contribution in [2.45, 2.75) is 31.9 Å². The van der Waals surface area contributed by atoms with Crippen molar-refractivity contribution in [1.29, 1.82) is 0 Å². The zero-order valence-electron chi connectivity index (χ0n) is 11.2. The lowest BCUT2D eigenvalue weighted by Gasteiger charge is -2.22. The molecule has 104 valence electrons. The highest BCUT2D eigenvalue weighted by Crippen LogP contribution is 2.06. The Morgan fingerprint density at radius 3 is 2.42 bits per heavy atom. The van der Waals surface area contributed by atoms with Gasteiger partial charge < -0.3 is 15.7 Å². The average molecular weight is 264 g/mol. The van der Waals surface area contributed by atoms with Gasteiger partial charge in [-0.25, -0.2) is 0 Å². The number of hydrogen-bond donors (Lipinski definition) is 3. The molecule has 5 nitrogen and oxygen atoms in total. The van der Waals surface area contributed by atoms with Crippen LogP contribution in [0.15, 0.2) is 30.3 Å². The van der Waals surface area contributed by atoms with E-state index in [0.29, 0.717) is 6.42 Å². The molecule has 2 unspecified atom stereocenters. The molecule has 0 spiro atoms. The van der Waals surface area contributed by atoms with Gasteiger partial charge in [0.05, 0.1) is 6.10 Å². The SMILES string of the molecule is CCC(=O)NC(C(=O)NC)C(O)Cc1ccccc1. The summed E-state index contributed by atoms with van der Waals surface area (Å²) in [5.74, 6) is -0.661. The Kier molecular flexibility index (Phi) is 6.02.